The number of rotatable bonds is 6. The number of benzene rings is 1. The number of amides is 1. The summed E-state index contributed by atoms with van der Waals surface area (Å²) in [7, 11) is 3.80. The van der Waals surface area contributed by atoms with Crippen LogP contribution in [0.3, 0.4) is 0 Å². The van der Waals surface area contributed by atoms with Crippen molar-refractivity contribution < 1.29 is 22.4 Å². The smallest absolute Gasteiger partial charge is 0.363 e. The third-order valence-electron chi connectivity index (χ3n) is 5.38. The van der Waals surface area contributed by atoms with Crippen LogP contribution in [0.1, 0.15) is 41.6 Å². The van der Waals surface area contributed by atoms with Gasteiger partial charge in [0, 0.05) is 32.9 Å². The Hall–Kier alpha value is -2.91. The van der Waals surface area contributed by atoms with Gasteiger partial charge in [0.2, 0.25) is 5.95 Å². The molecule has 6 nitrogen and oxygen atoms in total. The van der Waals surface area contributed by atoms with Gasteiger partial charge in [0.05, 0.1) is 11.1 Å². The average molecular weight is 439 g/mol. The van der Waals surface area contributed by atoms with E-state index in [1.54, 1.807) is 6.20 Å². The third-order valence-corrected chi connectivity index (χ3v) is 5.38. The zero-order valence-electron chi connectivity index (χ0n) is 17.3. The fourth-order valence-electron chi connectivity index (χ4n) is 3.62. The van der Waals surface area contributed by atoms with Crippen molar-refractivity contribution in [2.24, 2.45) is 5.92 Å². The van der Waals surface area contributed by atoms with Gasteiger partial charge in [-0.05, 0) is 49.8 Å². The molecular formula is C21H25F4N5O. The maximum absolute atomic E-state index is 14.1. The molecule has 10 heteroatoms. The summed E-state index contributed by atoms with van der Waals surface area (Å²) in [5, 5.41) is 5.90. The van der Waals surface area contributed by atoms with Crippen LogP contribution in [0, 0.1) is 11.7 Å². The van der Waals surface area contributed by atoms with Crippen LogP contribution in [0.4, 0.5) is 29.3 Å². The molecule has 1 fully saturated rings. The summed E-state index contributed by atoms with van der Waals surface area (Å²) >= 11 is 0. The van der Waals surface area contributed by atoms with E-state index in [1.807, 2.05) is 25.1 Å². The van der Waals surface area contributed by atoms with E-state index >= 15 is 0 Å². The Balaban J connectivity index is 1.50. The van der Waals surface area contributed by atoms with E-state index in [4.69, 9.17) is 0 Å². The van der Waals surface area contributed by atoms with Gasteiger partial charge in [-0.1, -0.05) is 6.07 Å². The van der Waals surface area contributed by atoms with Crippen molar-refractivity contribution in [3.8, 4) is 0 Å². The minimum Gasteiger partial charge on any atom is -0.363 e. The largest absolute Gasteiger partial charge is 0.419 e. The first-order chi connectivity index (χ1) is 14.6. The number of hydrogen-bond donors (Lipinski definition) is 2. The van der Waals surface area contributed by atoms with Gasteiger partial charge in [-0.25, -0.2) is 9.37 Å². The molecule has 168 valence electrons. The van der Waals surface area contributed by atoms with Crippen LogP contribution in [0.15, 0.2) is 30.5 Å². The van der Waals surface area contributed by atoms with Crippen molar-refractivity contribution >= 4 is 17.7 Å². The molecule has 0 aliphatic heterocycles. The molecule has 1 aromatic carbocycles. The second-order valence-electron chi connectivity index (χ2n) is 7.87. The van der Waals surface area contributed by atoms with Crippen molar-refractivity contribution in [2.45, 2.75) is 37.9 Å². The molecule has 1 aliphatic carbocycles. The van der Waals surface area contributed by atoms with Crippen molar-refractivity contribution in [1.82, 2.24) is 15.3 Å². The van der Waals surface area contributed by atoms with E-state index in [9.17, 15) is 22.4 Å². The quantitative estimate of drug-likeness (QED) is 0.664. The zero-order valence-corrected chi connectivity index (χ0v) is 17.3. The lowest BCUT2D eigenvalue weighted by molar-refractivity contribution is -0.140. The van der Waals surface area contributed by atoms with Gasteiger partial charge in [0.15, 0.2) is 0 Å². The van der Waals surface area contributed by atoms with Gasteiger partial charge < -0.3 is 15.5 Å². The van der Waals surface area contributed by atoms with Crippen LogP contribution < -0.4 is 15.5 Å². The van der Waals surface area contributed by atoms with E-state index in [-0.39, 0.29) is 18.5 Å². The van der Waals surface area contributed by atoms with Crippen LogP contribution in [0.2, 0.25) is 0 Å². The lowest BCUT2D eigenvalue weighted by atomic mass is 9.86. The Morgan fingerprint density at radius 2 is 1.87 bits per heavy atom. The van der Waals surface area contributed by atoms with Crippen LogP contribution in [-0.2, 0) is 6.18 Å². The summed E-state index contributed by atoms with van der Waals surface area (Å²) in [5.41, 5.74) is -2.03. The minimum absolute atomic E-state index is 0.171. The highest BCUT2D eigenvalue weighted by atomic mass is 19.4. The van der Waals surface area contributed by atoms with Gasteiger partial charge in [-0.3, -0.25) is 4.79 Å². The van der Waals surface area contributed by atoms with E-state index in [2.05, 4.69) is 20.6 Å². The second-order valence-corrected chi connectivity index (χ2v) is 7.87. The lowest BCUT2D eigenvalue weighted by Gasteiger charge is -2.29. The molecule has 0 unspecified atom stereocenters. The average Bonchev–Trinajstić information content (AvgIpc) is 2.72. The fourth-order valence-corrected chi connectivity index (χ4v) is 3.62. The van der Waals surface area contributed by atoms with Crippen molar-refractivity contribution in [1.29, 1.82) is 0 Å². The predicted octanol–water partition coefficient (Wildman–Crippen LogP) is 4.10. The van der Waals surface area contributed by atoms with E-state index in [1.165, 1.54) is 0 Å². The van der Waals surface area contributed by atoms with Gasteiger partial charge in [-0.2, -0.15) is 18.2 Å². The molecule has 1 heterocycles. The Kier molecular flexibility index (Phi) is 6.97. The number of nitrogens with one attached hydrogen (secondary N) is 2. The maximum Gasteiger partial charge on any atom is 0.419 e. The van der Waals surface area contributed by atoms with E-state index in [0.717, 1.165) is 43.6 Å². The Bertz CT molecular complexity index is 911. The minimum atomic E-state index is -4.85. The topological polar surface area (TPSA) is 70.2 Å². The predicted molar refractivity (Wildman–Crippen MR) is 109 cm³/mol. The normalized spacial score (nSPS) is 19.0. The SMILES string of the molecule is CN(C)c1ccnc(NC2CCC(CNC(=O)c3cccc(C(F)(F)F)c3F)CC2)n1. The van der Waals surface area contributed by atoms with Crippen molar-refractivity contribution in [3.63, 3.8) is 0 Å². The van der Waals surface area contributed by atoms with Crippen LogP contribution >= 0.6 is 0 Å². The number of hydrogen-bond acceptors (Lipinski definition) is 5. The summed E-state index contributed by atoms with van der Waals surface area (Å²) in [6, 6.07) is 4.73. The molecule has 1 aromatic heterocycles. The Labute approximate surface area is 178 Å². The number of anilines is 2. The molecule has 0 spiro atoms. The third kappa shape index (κ3) is 5.83. The van der Waals surface area contributed by atoms with Crippen LogP contribution in [-0.4, -0.2) is 42.6 Å². The molecule has 0 radical (unpaired) electrons. The number of carbonyl (C=O) groups excluding carboxylic acids is 1. The van der Waals surface area contributed by atoms with Crippen LogP contribution in [0.25, 0.3) is 0 Å². The number of nitrogens with zero attached hydrogens (tertiary/aromatic N) is 3. The molecule has 0 saturated heterocycles. The first kappa shape index (κ1) is 22.8. The van der Waals surface area contributed by atoms with E-state index in [0.29, 0.717) is 12.0 Å². The monoisotopic (exact) mass is 439 g/mol. The number of alkyl halides is 3. The summed E-state index contributed by atoms with van der Waals surface area (Å²) in [6.45, 7) is 0.286. The lowest BCUT2D eigenvalue weighted by Crippen LogP contribution is -2.34. The zero-order chi connectivity index (χ0) is 22.6. The molecule has 31 heavy (non-hydrogen) atoms. The highest BCUT2D eigenvalue weighted by Crippen LogP contribution is 2.32. The summed E-state index contributed by atoms with van der Waals surface area (Å²) < 4.78 is 52.6. The maximum atomic E-state index is 14.1. The molecule has 0 atom stereocenters. The molecule has 0 bridgehead atoms. The molecule has 1 amide bonds. The highest BCUT2D eigenvalue weighted by Gasteiger charge is 2.35. The molecule has 2 N–H and O–H groups in total. The summed E-state index contributed by atoms with van der Waals surface area (Å²) in [6.07, 6.45) is 0.162. The second kappa shape index (κ2) is 9.49. The first-order valence-corrected chi connectivity index (χ1v) is 10.1. The van der Waals surface area contributed by atoms with Crippen LogP contribution in [0.5, 0.6) is 0 Å². The van der Waals surface area contributed by atoms with Crippen molar-refractivity contribution in [2.75, 3.05) is 30.9 Å². The summed E-state index contributed by atoms with van der Waals surface area (Å²) in [4.78, 5) is 22.8. The Morgan fingerprint density at radius 1 is 1.16 bits per heavy atom. The van der Waals surface area contributed by atoms with Gasteiger partial charge in [0.25, 0.3) is 5.91 Å². The molecule has 3 rings (SSSR count). The molecule has 2 aromatic rings. The Morgan fingerprint density at radius 3 is 2.52 bits per heavy atom. The van der Waals surface area contributed by atoms with Gasteiger partial charge in [0.1, 0.15) is 11.6 Å². The fraction of sp³-hybridized carbons (Fsp3) is 0.476. The molecule has 1 aliphatic rings. The van der Waals surface area contributed by atoms with Gasteiger partial charge in [-0.15, -0.1) is 0 Å². The first-order valence-electron chi connectivity index (χ1n) is 10.1. The standard InChI is InChI=1S/C21H25F4N5O/c1-30(2)17-10-11-26-20(29-17)28-14-8-6-13(7-9-14)12-27-19(31)15-4-3-5-16(18(15)22)21(23,24)25/h3-5,10-11,13-14H,6-9,12H2,1-2H3,(H,27,31)(H,26,28,29). The number of carbonyl (C=O) groups is 1. The van der Waals surface area contributed by atoms with Crippen molar-refractivity contribution in [3.05, 3.63) is 47.4 Å². The molecule has 1 saturated carbocycles. The van der Waals surface area contributed by atoms with E-state index < -0.39 is 29.0 Å². The van der Waals surface area contributed by atoms with Gasteiger partial charge >= 0.3 is 6.18 Å². The number of aromatic nitrogens is 2. The number of halogens is 4. The highest BCUT2D eigenvalue weighted by molar-refractivity contribution is 5.94. The summed E-state index contributed by atoms with van der Waals surface area (Å²) in [5.74, 6) is -0.846. The molecular weight excluding hydrogens is 414 g/mol.